The summed E-state index contributed by atoms with van der Waals surface area (Å²) in [5.74, 6) is 0.0140. The van der Waals surface area contributed by atoms with Gasteiger partial charge >= 0.3 is 88.7 Å². The average molecular weight is 751 g/mol. The second kappa shape index (κ2) is 16.6. The molecule has 0 aromatic heterocycles. The van der Waals surface area contributed by atoms with E-state index in [0.717, 1.165) is 31.3 Å². The van der Waals surface area contributed by atoms with Crippen molar-refractivity contribution in [2.75, 3.05) is 0 Å². The van der Waals surface area contributed by atoms with Crippen LogP contribution in [0, 0.1) is 45.8 Å². The SMILES string of the molecule is C=C(CC[C@@H](C)[C@H]1CC[C@@]2(C)C3C[C@H](OS(=O)(=O)[O-])[C@H]4C[C@H](OS(=O)(=O)[O-])[C@@H](OS(=O)(=O)[O-])C[C@]4(C)C3=CC[C@]12C)C(C)C.[Na+].[Na+].[Na+]. The molecule has 0 N–H and O–H groups in total. The van der Waals surface area contributed by atoms with Gasteiger partial charge in [0, 0.05) is 0 Å². The Bertz CT molecular complexity index is 1500. The summed E-state index contributed by atoms with van der Waals surface area (Å²) >= 11 is 0. The van der Waals surface area contributed by atoms with Crippen LogP contribution in [-0.4, -0.2) is 57.2 Å². The molecule has 0 saturated heterocycles. The molecule has 0 bridgehead atoms. The van der Waals surface area contributed by atoms with E-state index in [1.165, 1.54) is 5.57 Å². The Hall–Kier alpha value is 2.09. The zero-order chi connectivity index (χ0) is 33.3. The molecule has 4 aliphatic carbocycles. The van der Waals surface area contributed by atoms with Crippen molar-refractivity contribution in [3.63, 3.8) is 0 Å². The molecule has 3 saturated carbocycles. The van der Waals surface area contributed by atoms with Gasteiger partial charge in [0.05, 0.1) is 6.10 Å². The van der Waals surface area contributed by atoms with E-state index in [9.17, 15) is 38.9 Å². The van der Waals surface area contributed by atoms with Gasteiger partial charge in [-0.15, -0.1) is 0 Å². The first-order valence-electron chi connectivity index (χ1n) is 15.2. The molecule has 47 heavy (non-hydrogen) atoms. The van der Waals surface area contributed by atoms with Crippen LogP contribution in [0.2, 0.25) is 0 Å². The van der Waals surface area contributed by atoms with E-state index in [4.69, 9.17) is 8.37 Å². The predicted octanol–water partition coefficient (Wildman–Crippen LogP) is -4.65. The maximum atomic E-state index is 12.0. The minimum absolute atomic E-state index is 0. The largest absolute Gasteiger partial charge is 1.00 e. The summed E-state index contributed by atoms with van der Waals surface area (Å²) in [5, 5.41) is 0. The van der Waals surface area contributed by atoms with Gasteiger partial charge in [0.25, 0.3) is 0 Å². The van der Waals surface area contributed by atoms with Gasteiger partial charge in [-0.25, -0.2) is 25.3 Å². The molecule has 0 aromatic carbocycles. The summed E-state index contributed by atoms with van der Waals surface area (Å²) in [6, 6.07) is 0. The maximum Gasteiger partial charge on any atom is 1.00 e. The Morgan fingerprint density at radius 2 is 1.36 bits per heavy atom. The van der Waals surface area contributed by atoms with Crippen molar-refractivity contribution in [1.29, 1.82) is 0 Å². The van der Waals surface area contributed by atoms with Crippen LogP contribution in [-0.2, 0) is 43.7 Å². The molecule has 1 unspecified atom stereocenters. The number of fused-ring (bicyclic) bond motifs is 5. The van der Waals surface area contributed by atoms with E-state index in [1.807, 2.05) is 0 Å². The first-order chi connectivity index (χ1) is 19.9. The van der Waals surface area contributed by atoms with Gasteiger partial charge in [0.2, 0.25) is 31.2 Å². The fourth-order valence-electron chi connectivity index (χ4n) is 9.49. The summed E-state index contributed by atoms with van der Waals surface area (Å²) in [6.45, 7) is 17.0. The van der Waals surface area contributed by atoms with Crippen molar-refractivity contribution in [2.45, 2.75) is 111 Å². The van der Waals surface area contributed by atoms with Crippen LogP contribution < -0.4 is 88.7 Å². The van der Waals surface area contributed by atoms with E-state index in [1.54, 1.807) is 6.92 Å². The van der Waals surface area contributed by atoms with Crippen molar-refractivity contribution >= 4 is 31.2 Å². The molecule has 0 spiro atoms. The molecule has 0 amide bonds. The monoisotopic (exact) mass is 750 g/mol. The number of rotatable bonds is 11. The molecule has 0 aliphatic heterocycles. The number of allylic oxidation sites excluding steroid dienone is 3. The molecule has 4 aliphatic rings. The maximum absolute atomic E-state index is 12.0. The topological polar surface area (TPSA) is 199 Å². The van der Waals surface area contributed by atoms with Crippen molar-refractivity contribution in [3.8, 4) is 0 Å². The molecule has 3 fully saturated rings. The zero-order valence-electron chi connectivity index (χ0n) is 29.2. The van der Waals surface area contributed by atoms with E-state index in [-0.39, 0.29) is 118 Å². The molecular weight excluding hydrogens is 705 g/mol. The average Bonchev–Trinajstić information content (AvgIpc) is 3.12. The van der Waals surface area contributed by atoms with E-state index < -0.39 is 67.3 Å². The summed E-state index contributed by atoms with van der Waals surface area (Å²) in [5.41, 5.74) is 0.519. The van der Waals surface area contributed by atoms with Crippen LogP contribution in [0.25, 0.3) is 0 Å². The van der Waals surface area contributed by atoms with Crippen LogP contribution >= 0.6 is 0 Å². The third-order valence-corrected chi connectivity index (χ3v) is 13.5. The van der Waals surface area contributed by atoms with Gasteiger partial charge in [-0.3, -0.25) is 12.5 Å². The first-order valence-corrected chi connectivity index (χ1v) is 19.2. The molecule has 0 radical (unpaired) electrons. The minimum atomic E-state index is -5.37. The first kappa shape index (κ1) is 47.1. The predicted molar refractivity (Wildman–Crippen MR) is 157 cm³/mol. The molecular formula is C29H45Na3O12S3. The van der Waals surface area contributed by atoms with Crippen LogP contribution in [0.4, 0.5) is 0 Å². The minimum Gasteiger partial charge on any atom is -0.726 e. The van der Waals surface area contributed by atoms with E-state index in [0.29, 0.717) is 24.2 Å². The summed E-state index contributed by atoms with van der Waals surface area (Å²) in [6.07, 6.45) is 1.43. The van der Waals surface area contributed by atoms with Crippen LogP contribution in [0.5, 0.6) is 0 Å². The van der Waals surface area contributed by atoms with Crippen LogP contribution in [0.3, 0.4) is 0 Å². The Kier molecular flexibility index (Phi) is 16.7. The van der Waals surface area contributed by atoms with Gasteiger partial charge in [0.1, 0.15) is 12.2 Å². The standard InChI is InChI=1S/C29H48O12S3.3Na/c1-17(2)18(3)8-9-19(4)20-10-12-29(7)22-14-24(39-42(30,31)32)23-15-25(40-43(33,34)35)26(41-44(36,37)38)16-27(23,5)21(22)11-13-28(20,29)6;;;/h11,17,19-20,22-26H,3,8-10,12-16H2,1-2,4-7H3,(H,30,31,32)(H,33,34,35)(H,36,37,38);;;/q;3*+1/p-3/t19-,20-,22?,23-,24+,25+,26+,27-,28-,29+;;;/m1.../s1. The Morgan fingerprint density at radius 3 is 1.87 bits per heavy atom. The van der Waals surface area contributed by atoms with Crippen LogP contribution in [0.1, 0.15) is 92.9 Å². The van der Waals surface area contributed by atoms with Crippen LogP contribution in [0.15, 0.2) is 23.8 Å². The quantitative estimate of drug-likeness (QED) is 0.0849. The molecule has 10 atom stereocenters. The number of hydrogen-bond acceptors (Lipinski definition) is 12. The van der Waals surface area contributed by atoms with Gasteiger partial charge < -0.3 is 13.7 Å². The normalized spacial score (nSPS) is 37.5. The van der Waals surface area contributed by atoms with E-state index in [2.05, 4.69) is 51.5 Å². The second-order valence-corrected chi connectivity index (χ2v) is 17.6. The van der Waals surface area contributed by atoms with Gasteiger partial charge in [-0.1, -0.05) is 65.3 Å². The fraction of sp³-hybridized carbons (Fsp3) is 0.862. The molecule has 0 heterocycles. The zero-order valence-corrected chi connectivity index (χ0v) is 37.6. The molecule has 4 rings (SSSR count). The Morgan fingerprint density at radius 1 is 0.851 bits per heavy atom. The fourth-order valence-corrected chi connectivity index (χ4v) is 11.0. The van der Waals surface area contributed by atoms with E-state index >= 15 is 0 Å². The number of hydrogen-bond donors (Lipinski definition) is 0. The van der Waals surface area contributed by atoms with Crippen molar-refractivity contribution in [1.82, 2.24) is 0 Å². The van der Waals surface area contributed by atoms with Crippen molar-refractivity contribution in [3.05, 3.63) is 23.8 Å². The van der Waals surface area contributed by atoms with Gasteiger partial charge in [0.15, 0.2) is 0 Å². The van der Waals surface area contributed by atoms with Gasteiger partial charge in [-0.2, -0.15) is 0 Å². The Labute approximate surface area is 348 Å². The van der Waals surface area contributed by atoms with Crippen molar-refractivity contribution < 1.29 is 140 Å². The summed E-state index contributed by atoms with van der Waals surface area (Å²) < 4.78 is 120. The third-order valence-electron chi connectivity index (χ3n) is 12.1. The third kappa shape index (κ3) is 10.2. The smallest absolute Gasteiger partial charge is 0.726 e. The van der Waals surface area contributed by atoms with Crippen molar-refractivity contribution in [2.24, 2.45) is 45.8 Å². The summed E-state index contributed by atoms with van der Waals surface area (Å²) in [7, 11) is -15.9. The Balaban J connectivity index is 0.00000368. The van der Waals surface area contributed by atoms with Gasteiger partial charge in [-0.05, 0) is 97.2 Å². The molecule has 12 nitrogen and oxygen atoms in total. The molecule has 0 aromatic rings. The molecule has 18 heteroatoms. The summed E-state index contributed by atoms with van der Waals surface area (Å²) in [4.78, 5) is 0. The molecule has 254 valence electrons. The second-order valence-electron chi connectivity index (χ2n) is 14.6.